The molecule has 2 aromatic carbocycles. The van der Waals surface area contributed by atoms with E-state index < -0.39 is 0 Å². The van der Waals surface area contributed by atoms with E-state index in [4.69, 9.17) is 4.74 Å². The molecule has 2 saturated carbocycles. The van der Waals surface area contributed by atoms with Crippen LogP contribution in [0.5, 0.6) is 11.5 Å². The number of methoxy groups -OCH3 is 1. The lowest BCUT2D eigenvalue weighted by Crippen LogP contribution is -2.44. The molecule has 5 atom stereocenters. The van der Waals surface area contributed by atoms with E-state index in [0.717, 1.165) is 43.4 Å². The number of ether oxygens (including phenoxy) is 1. The van der Waals surface area contributed by atoms with Crippen LogP contribution in [0.4, 0.5) is 0 Å². The average molecular weight is 391 g/mol. The van der Waals surface area contributed by atoms with Gasteiger partial charge in [0, 0.05) is 5.41 Å². The first-order chi connectivity index (χ1) is 14.0. The molecule has 5 rings (SSSR count). The number of aromatic hydroxyl groups is 1. The summed E-state index contributed by atoms with van der Waals surface area (Å²) in [5, 5.41) is 21.2. The number of aliphatic hydroxyl groups excluding tert-OH is 1. The van der Waals surface area contributed by atoms with Crippen LogP contribution < -0.4 is 4.74 Å². The summed E-state index contributed by atoms with van der Waals surface area (Å²) in [6.07, 6.45) is 7.18. The molecule has 2 fully saturated rings. The monoisotopic (exact) mass is 390 g/mol. The Morgan fingerprint density at radius 2 is 1.90 bits per heavy atom. The van der Waals surface area contributed by atoms with Gasteiger partial charge in [-0.2, -0.15) is 0 Å². The zero-order chi connectivity index (χ0) is 20.2. The van der Waals surface area contributed by atoms with Crippen molar-refractivity contribution < 1.29 is 14.9 Å². The highest BCUT2D eigenvalue weighted by molar-refractivity contribution is 5.56. The van der Waals surface area contributed by atoms with Crippen LogP contribution in [0.1, 0.15) is 55.2 Å². The van der Waals surface area contributed by atoms with Gasteiger partial charge in [-0.15, -0.1) is 0 Å². The Kier molecular flexibility index (Phi) is 4.47. The summed E-state index contributed by atoms with van der Waals surface area (Å²) in [6, 6.07) is 14.0. The molecule has 0 bridgehead atoms. The summed E-state index contributed by atoms with van der Waals surface area (Å²) in [5.41, 5.74) is 5.03. The van der Waals surface area contributed by atoms with Crippen LogP contribution in [-0.4, -0.2) is 23.4 Å². The number of phenolic OH excluding ortho intramolecular Hbond substituents is 1. The molecule has 5 unspecified atom stereocenters. The molecule has 0 heterocycles. The average Bonchev–Trinajstić information content (AvgIpc) is 2.99. The number of fused-ring (bicyclic) bond motifs is 5. The lowest BCUT2D eigenvalue weighted by molar-refractivity contribution is -0.0158. The van der Waals surface area contributed by atoms with Crippen LogP contribution in [0.25, 0.3) is 6.08 Å². The third kappa shape index (κ3) is 2.98. The van der Waals surface area contributed by atoms with Gasteiger partial charge in [-0.05, 0) is 96.4 Å². The minimum Gasteiger partial charge on any atom is -0.508 e. The number of hydrogen-bond acceptors (Lipinski definition) is 3. The second-order valence-electron chi connectivity index (χ2n) is 9.44. The van der Waals surface area contributed by atoms with E-state index in [2.05, 4.69) is 31.2 Å². The van der Waals surface area contributed by atoms with Crippen LogP contribution in [-0.2, 0) is 6.42 Å². The highest BCUT2D eigenvalue weighted by Gasteiger charge is 2.56. The maximum Gasteiger partial charge on any atom is 0.118 e. The number of aliphatic hydroxyl groups is 1. The number of hydrogen-bond donors (Lipinski definition) is 2. The van der Waals surface area contributed by atoms with Crippen molar-refractivity contribution in [3.05, 3.63) is 64.7 Å². The highest BCUT2D eigenvalue weighted by Crippen LogP contribution is 2.62. The molecule has 3 nitrogen and oxygen atoms in total. The molecule has 0 aromatic heterocycles. The third-order valence-corrected chi connectivity index (χ3v) is 8.05. The molecule has 3 aliphatic carbocycles. The van der Waals surface area contributed by atoms with Crippen molar-refractivity contribution in [3.8, 4) is 11.5 Å². The van der Waals surface area contributed by atoms with Crippen molar-refractivity contribution in [1.82, 2.24) is 0 Å². The molecule has 0 aliphatic heterocycles. The molecule has 0 saturated heterocycles. The molecule has 2 aromatic rings. The molecule has 3 heteroatoms. The van der Waals surface area contributed by atoms with Gasteiger partial charge < -0.3 is 14.9 Å². The van der Waals surface area contributed by atoms with Gasteiger partial charge in [0.1, 0.15) is 11.5 Å². The fourth-order valence-corrected chi connectivity index (χ4v) is 6.48. The highest BCUT2D eigenvalue weighted by atomic mass is 16.5. The lowest BCUT2D eigenvalue weighted by Gasteiger charge is -2.49. The van der Waals surface area contributed by atoms with Gasteiger partial charge in [-0.1, -0.05) is 31.2 Å². The molecule has 0 amide bonds. The summed E-state index contributed by atoms with van der Waals surface area (Å²) in [6.45, 7) is 2.31. The second kappa shape index (κ2) is 6.91. The predicted octanol–water partition coefficient (Wildman–Crippen LogP) is 5.31. The maximum absolute atomic E-state index is 11.3. The van der Waals surface area contributed by atoms with E-state index >= 15 is 0 Å². The summed E-state index contributed by atoms with van der Waals surface area (Å²) < 4.78 is 5.26. The fourth-order valence-electron chi connectivity index (χ4n) is 6.48. The smallest absolute Gasteiger partial charge is 0.118 e. The van der Waals surface area contributed by atoms with Crippen LogP contribution in [0.15, 0.2) is 48.0 Å². The summed E-state index contributed by atoms with van der Waals surface area (Å²) in [5.74, 6) is 2.92. The molecule has 0 radical (unpaired) electrons. The summed E-state index contributed by atoms with van der Waals surface area (Å²) in [4.78, 5) is 0. The van der Waals surface area contributed by atoms with Crippen LogP contribution in [0, 0.1) is 17.3 Å². The standard InChI is InChI=1S/C26H30O3/c1-26-12-11-22-21-10-6-19(27)14-17(21)5-9-23(22)24(26)15-18(25(26)28)13-16-3-7-20(29-2)8-4-16/h3-4,6-8,10,13-14,22-25,27-28H,5,9,11-12,15H2,1-2H3/b18-13+. The van der Waals surface area contributed by atoms with Crippen LogP contribution in [0.2, 0.25) is 0 Å². The Morgan fingerprint density at radius 3 is 2.66 bits per heavy atom. The Balaban J connectivity index is 1.45. The van der Waals surface area contributed by atoms with Gasteiger partial charge in [-0.3, -0.25) is 0 Å². The van der Waals surface area contributed by atoms with Crippen LogP contribution in [0.3, 0.4) is 0 Å². The molecule has 3 aliphatic rings. The summed E-state index contributed by atoms with van der Waals surface area (Å²) >= 11 is 0. The SMILES string of the molecule is COc1ccc(/C=C2\CC3C4CCc5cc(O)ccc5C4CCC3(C)C2O)cc1. The van der Waals surface area contributed by atoms with Gasteiger partial charge in [0.2, 0.25) is 0 Å². The van der Waals surface area contributed by atoms with Crippen molar-refractivity contribution in [2.75, 3.05) is 7.11 Å². The van der Waals surface area contributed by atoms with Crippen molar-refractivity contribution in [3.63, 3.8) is 0 Å². The van der Waals surface area contributed by atoms with Gasteiger partial charge in [0.25, 0.3) is 0 Å². The predicted molar refractivity (Wildman–Crippen MR) is 115 cm³/mol. The van der Waals surface area contributed by atoms with Gasteiger partial charge in [0.05, 0.1) is 13.2 Å². The van der Waals surface area contributed by atoms with E-state index in [0.29, 0.717) is 23.5 Å². The molecular formula is C26H30O3. The lowest BCUT2D eigenvalue weighted by atomic mass is 9.55. The largest absolute Gasteiger partial charge is 0.508 e. The molecule has 2 N–H and O–H groups in total. The van der Waals surface area contributed by atoms with Gasteiger partial charge >= 0.3 is 0 Å². The van der Waals surface area contributed by atoms with Crippen molar-refractivity contribution >= 4 is 6.08 Å². The first kappa shape index (κ1) is 18.7. The zero-order valence-corrected chi connectivity index (χ0v) is 17.3. The Hall–Kier alpha value is -2.26. The van der Waals surface area contributed by atoms with Crippen molar-refractivity contribution in [2.45, 2.75) is 51.0 Å². The number of rotatable bonds is 2. The van der Waals surface area contributed by atoms with E-state index in [-0.39, 0.29) is 11.5 Å². The Morgan fingerprint density at radius 1 is 1.10 bits per heavy atom. The Labute approximate surface area is 173 Å². The van der Waals surface area contributed by atoms with Gasteiger partial charge in [-0.25, -0.2) is 0 Å². The second-order valence-corrected chi connectivity index (χ2v) is 9.44. The van der Waals surface area contributed by atoms with Crippen molar-refractivity contribution in [2.24, 2.45) is 17.3 Å². The molecular weight excluding hydrogens is 360 g/mol. The maximum atomic E-state index is 11.3. The van der Waals surface area contributed by atoms with Crippen LogP contribution >= 0.6 is 0 Å². The minimum absolute atomic E-state index is 0.0338. The van der Waals surface area contributed by atoms with Crippen molar-refractivity contribution in [1.29, 1.82) is 0 Å². The number of benzene rings is 2. The van der Waals surface area contributed by atoms with Gasteiger partial charge in [0.15, 0.2) is 0 Å². The normalized spacial score (nSPS) is 34.4. The number of phenols is 1. The fraction of sp³-hybridized carbons (Fsp3) is 0.462. The number of aryl methyl sites for hydroxylation is 1. The van der Waals surface area contributed by atoms with E-state index in [1.54, 1.807) is 7.11 Å². The zero-order valence-electron chi connectivity index (χ0n) is 17.3. The molecule has 0 spiro atoms. The van der Waals surface area contributed by atoms with E-state index in [1.807, 2.05) is 24.3 Å². The van der Waals surface area contributed by atoms with E-state index in [1.165, 1.54) is 16.7 Å². The topological polar surface area (TPSA) is 49.7 Å². The third-order valence-electron chi connectivity index (χ3n) is 8.05. The molecule has 29 heavy (non-hydrogen) atoms. The summed E-state index contributed by atoms with van der Waals surface area (Å²) in [7, 11) is 1.68. The molecule has 152 valence electrons. The Bertz CT molecular complexity index is 945. The quantitative estimate of drug-likeness (QED) is 0.730. The first-order valence-corrected chi connectivity index (χ1v) is 10.8. The minimum atomic E-state index is -0.364. The van der Waals surface area contributed by atoms with E-state index in [9.17, 15) is 10.2 Å². The first-order valence-electron chi connectivity index (χ1n) is 10.8.